The molecule has 0 radical (unpaired) electrons. The van der Waals surface area contributed by atoms with Crippen LogP contribution in [0.5, 0.6) is 11.5 Å². The quantitative estimate of drug-likeness (QED) is 0.190. The normalized spacial score (nSPS) is 14.0. The van der Waals surface area contributed by atoms with Crippen molar-refractivity contribution in [3.05, 3.63) is 113 Å². The highest BCUT2D eigenvalue weighted by atomic mass is 16.6. The van der Waals surface area contributed by atoms with Crippen LogP contribution in [0.3, 0.4) is 0 Å². The second kappa shape index (κ2) is 10.5. The number of esters is 1. The lowest BCUT2D eigenvalue weighted by Crippen LogP contribution is -2.10. The SMILES string of the molecule is C=CCc1ccccc1OCCOc1ccc(C)cc1C=C1N=C(c2ccccc2)OC1=O. The predicted octanol–water partition coefficient (Wildman–Crippen LogP) is 5.53. The van der Waals surface area contributed by atoms with Crippen LogP contribution in [0.25, 0.3) is 6.08 Å². The highest BCUT2D eigenvalue weighted by Gasteiger charge is 2.24. The maximum atomic E-state index is 12.4. The third-order valence-electron chi connectivity index (χ3n) is 5.03. The van der Waals surface area contributed by atoms with Crippen LogP contribution in [-0.2, 0) is 16.0 Å². The number of carbonyl (C=O) groups excluding carboxylic acids is 1. The van der Waals surface area contributed by atoms with Crippen LogP contribution in [0.4, 0.5) is 0 Å². The van der Waals surface area contributed by atoms with Gasteiger partial charge in [-0.2, -0.15) is 0 Å². The summed E-state index contributed by atoms with van der Waals surface area (Å²) in [4.78, 5) is 16.8. The molecule has 0 fully saturated rings. The Morgan fingerprint density at radius 3 is 2.45 bits per heavy atom. The van der Waals surface area contributed by atoms with Crippen LogP contribution >= 0.6 is 0 Å². The van der Waals surface area contributed by atoms with Gasteiger partial charge in [0.15, 0.2) is 5.70 Å². The fourth-order valence-corrected chi connectivity index (χ4v) is 3.44. The Bertz CT molecular complexity index is 1210. The summed E-state index contributed by atoms with van der Waals surface area (Å²) in [5.41, 5.74) is 3.87. The number of aliphatic imine (C=N–C) groups is 1. The lowest BCUT2D eigenvalue weighted by atomic mass is 10.1. The second-order valence-electron chi connectivity index (χ2n) is 7.54. The van der Waals surface area contributed by atoms with Gasteiger partial charge < -0.3 is 14.2 Å². The van der Waals surface area contributed by atoms with E-state index in [4.69, 9.17) is 14.2 Å². The molecule has 0 spiro atoms. The molecule has 3 aromatic carbocycles. The zero-order valence-corrected chi connectivity index (χ0v) is 18.5. The van der Waals surface area contributed by atoms with Gasteiger partial charge in [-0.3, -0.25) is 0 Å². The minimum absolute atomic E-state index is 0.235. The van der Waals surface area contributed by atoms with E-state index in [1.165, 1.54) is 0 Å². The summed E-state index contributed by atoms with van der Waals surface area (Å²) < 4.78 is 17.2. The van der Waals surface area contributed by atoms with E-state index in [0.717, 1.165) is 34.4 Å². The standard InChI is InChI=1S/C28H25NO4/c1-3-9-21-10-7-8-13-25(21)31-16-17-32-26-15-14-20(2)18-23(26)19-24-28(30)33-27(29-24)22-11-5-4-6-12-22/h3-8,10-15,18-19H,1,9,16-17H2,2H3. The number of aryl methyl sites for hydroxylation is 1. The summed E-state index contributed by atoms with van der Waals surface area (Å²) in [5.74, 6) is 1.29. The van der Waals surface area contributed by atoms with Gasteiger partial charge in [-0.25, -0.2) is 9.79 Å². The number of hydrogen-bond acceptors (Lipinski definition) is 5. The molecule has 0 aliphatic carbocycles. The summed E-state index contributed by atoms with van der Waals surface area (Å²) in [5, 5.41) is 0. The van der Waals surface area contributed by atoms with Gasteiger partial charge in [0, 0.05) is 11.1 Å². The molecule has 0 aromatic heterocycles. The molecule has 0 saturated carbocycles. The van der Waals surface area contributed by atoms with Crippen molar-refractivity contribution >= 4 is 17.9 Å². The minimum Gasteiger partial charge on any atom is -0.490 e. The second-order valence-corrected chi connectivity index (χ2v) is 7.54. The summed E-state index contributed by atoms with van der Waals surface area (Å²) in [6.45, 7) is 6.51. The van der Waals surface area contributed by atoms with Crippen LogP contribution in [0.15, 0.2) is 96.1 Å². The van der Waals surface area contributed by atoms with Crippen molar-refractivity contribution in [3.63, 3.8) is 0 Å². The highest BCUT2D eigenvalue weighted by molar-refractivity contribution is 6.12. The van der Waals surface area contributed by atoms with Crippen molar-refractivity contribution in [1.29, 1.82) is 0 Å². The van der Waals surface area contributed by atoms with Crippen LogP contribution in [-0.4, -0.2) is 25.1 Å². The van der Waals surface area contributed by atoms with E-state index in [-0.39, 0.29) is 5.70 Å². The summed E-state index contributed by atoms with van der Waals surface area (Å²) in [6, 6.07) is 23.0. The molecule has 5 nitrogen and oxygen atoms in total. The third kappa shape index (κ3) is 5.57. The molecule has 1 aliphatic rings. The first-order valence-corrected chi connectivity index (χ1v) is 10.8. The number of allylic oxidation sites excluding steroid dienone is 1. The Hall–Kier alpha value is -4.12. The average Bonchev–Trinajstić information content (AvgIpc) is 3.20. The van der Waals surface area contributed by atoms with Gasteiger partial charge in [0.2, 0.25) is 5.90 Å². The number of nitrogens with zero attached hydrogens (tertiary/aromatic N) is 1. The van der Waals surface area contributed by atoms with Crippen LogP contribution in [0, 0.1) is 6.92 Å². The zero-order valence-electron chi connectivity index (χ0n) is 18.5. The van der Waals surface area contributed by atoms with Gasteiger partial charge >= 0.3 is 5.97 Å². The van der Waals surface area contributed by atoms with E-state index in [2.05, 4.69) is 11.6 Å². The first kappa shape index (κ1) is 22.1. The molecule has 0 unspecified atom stereocenters. The summed E-state index contributed by atoms with van der Waals surface area (Å²) in [6.07, 6.45) is 4.29. The first-order valence-electron chi connectivity index (χ1n) is 10.8. The molecule has 1 heterocycles. The topological polar surface area (TPSA) is 57.1 Å². The molecule has 0 N–H and O–H groups in total. The molecular formula is C28H25NO4. The van der Waals surface area contributed by atoms with Crippen molar-refractivity contribution in [2.75, 3.05) is 13.2 Å². The molecule has 3 aromatic rings. The molecule has 0 saturated heterocycles. The Balaban J connectivity index is 1.46. The summed E-state index contributed by atoms with van der Waals surface area (Å²) in [7, 11) is 0. The number of carbonyl (C=O) groups is 1. The van der Waals surface area contributed by atoms with E-state index >= 15 is 0 Å². The van der Waals surface area contributed by atoms with Crippen molar-refractivity contribution in [2.24, 2.45) is 4.99 Å². The molecule has 4 rings (SSSR count). The van der Waals surface area contributed by atoms with Crippen molar-refractivity contribution in [2.45, 2.75) is 13.3 Å². The predicted molar refractivity (Wildman–Crippen MR) is 130 cm³/mol. The minimum atomic E-state index is -0.483. The Kier molecular flexibility index (Phi) is 7.00. The van der Waals surface area contributed by atoms with Crippen molar-refractivity contribution in [3.8, 4) is 11.5 Å². The third-order valence-corrected chi connectivity index (χ3v) is 5.03. The molecule has 1 aliphatic heterocycles. The van der Waals surface area contributed by atoms with Gasteiger partial charge in [-0.05, 0) is 55.3 Å². The van der Waals surface area contributed by atoms with Crippen LogP contribution in [0.1, 0.15) is 22.3 Å². The molecule has 0 atom stereocenters. The molecule has 0 amide bonds. The van der Waals surface area contributed by atoms with Gasteiger partial charge in [0.05, 0.1) is 0 Å². The number of ether oxygens (including phenoxy) is 3. The van der Waals surface area contributed by atoms with E-state index < -0.39 is 5.97 Å². The number of hydrogen-bond donors (Lipinski definition) is 0. The molecule has 0 bridgehead atoms. The Morgan fingerprint density at radius 2 is 1.67 bits per heavy atom. The van der Waals surface area contributed by atoms with Gasteiger partial charge in [0.25, 0.3) is 0 Å². The Morgan fingerprint density at radius 1 is 0.939 bits per heavy atom. The molecule has 33 heavy (non-hydrogen) atoms. The molecule has 166 valence electrons. The van der Waals surface area contributed by atoms with E-state index in [0.29, 0.717) is 24.9 Å². The number of rotatable bonds is 9. The molecular weight excluding hydrogens is 414 g/mol. The summed E-state index contributed by atoms with van der Waals surface area (Å²) >= 11 is 0. The maximum Gasteiger partial charge on any atom is 0.363 e. The van der Waals surface area contributed by atoms with Gasteiger partial charge in [0.1, 0.15) is 24.7 Å². The lowest BCUT2D eigenvalue weighted by Gasteiger charge is -2.13. The van der Waals surface area contributed by atoms with E-state index in [1.54, 1.807) is 6.08 Å². The fourth-order valence-electron chi connectivity index (χ4n) is 3.44. The number of cyclic esters (lactones) is 1. The van der Waals surface area contributed by atoms with Crippen molar-refractivity contribution in [1.82, 2.24) is 0 Å². The highest BCUT2D eigenvalue weighted by Crippen LogP contribution is 2.26. The van der Waals surface area contributed by atoms with Crippen LogP contribution < -0.4 is 9.47 Å². The first-order chi connectivity index (χ1) is 16.1. The average molecular weight is 440 g/mol. The lowest BCUT2D eigenvalue weighted by molar-refractivity contribution is -0.129. The monoisotopic (exact) mass is 439 g/mol. The number of benzene rings is 3. The number of para-hydroxylation sites is 1. The fraction of sp³-hybridized carbons (Fsp3) is 0.143. The van der Waals surface area contributed by atoms with Gasteiger partial charge in [-0.15, -0.1) is 6.58 Å². The largest absolute Gasteiger partial charge is 0.490 e. The zero-order chi connectivity index (χ0) is 23.0. The van der Waals surface area contributed by atoms with E-state index in [1.807, 2.05) is 85.8 Å². The Labute approximate surface area is 193 Å². The smallest absolute Gasteiger partial charge is 0.363 e. The van der Waals surface area contributed by atoms with Crippen molar-refractivity contribution < 1.29 is 19.0 Å². The van der Waals surface area contributed by atoms with Crippen LogP contribution in [0.2, 0.25) is 0 Å². The molecule has 5 heteroatoms. The van der Waals surface area contributed by atoms with E-state index in [9.17, 15) is 4.79 Å². The maximum absolute atomic E-state index is 12.4. The van der Waals surface area contributed by atoms with Gasteiger partial charge in [-0.1, -0.05) is 54.1 Å².